The summed E-state index contributed by atoms with van der Waals surface area (Å²) in [5, 5.41) is 2.96. The van der Waals surface area contributed by atoms with Gasteiger partial charge in [-0.3, -0.25) is 4.79 Å². The Balaban J connectivity index is 2.00. The lowest BCUT2D eigenvalue weighted by Crippen LogP contribution is -2.24. The second kappa shape index (κ2) is 8.99. The zero-order valence-electron chi connectivity index (χ0n) is 10.6. The molecule has 0 heterocycles. The highest BCUT2D eigenvalue weighted by Gasteiger charge is 2.01. The van der Waals surface area contributed by atoms with E-state index in [-0.39, 0.29) is 5.91 Å². The molecule has 1 amide bonds. The fourth-order valence-electron chi connectivity index (χ4n) is 1.89. The molecule has 1 aliphatic rings. The van der Waals surface area contributed by atoms with E-state index in [0.29, 0.717) is 6.42 Å². The molecule has 1 aliphatic carbocycles. The molecule has 0 atom stereocenters. The summed E-state index contributed by atoms with van der Waals surface area (Å²) in [7, 11) is 0. The number of unbranched alkanes of at least 4 members (excludes halogenated alkanes) is 2. The van der Waals surface area contributed by atoms with Crippen LogP contribution < -0.4 is 11.1 Å². The lowest BCUT2D eigenvalue weighted by Gasteiger charge is -2.08. The standard InChI is InChI=1S/C14H24N2O/c15-11-6-2-5-9-14(17)16-12-10-13-7-3-1-4-8-13/h3,7-8H,1-2,4-6,9-12,15H2,(H,16,17). The maximum atomic E-state index is 11.5. The smallest absolute Gasteiger partial charge is 0.220 e. The monoisotopic (exact) mass is 236 g/mol. The predicted octanol–water partition coefficient (Wildman–Crippen LogP) is 2.29. The third-order valence-electron chi connectivity index (χ3n) is 2.92. The summed E-state index contributed by atoms with van der Waals surface area (Å²) in [5.74, 6) is 0.169. The SMILES string of the molecule is NCCCCCC(=O)NCCC1=CCCC=C1. The van der Waals surface area contributed by atoms with Gasteiger partial charge in [0.15, 0.2) is 0 Å². The summed E-state index contributed by atoms with van der Waals surface area (Å²) in [6, 6.07) is 0. The molecule has 96 valence electrons. The van der Waals surface area contributed by atoms with Crippen molar-refractivity contribution >= 4 is 5.91 Å². The van der Waals surface area contributed by atoms with E-state index in [1.165, 1.54) is 5.57 Å². The highest BCUT2D eigenvalue weighted by molar-refractivity contribution is 5.75. The van der Waals surface area contributed by atoms with Gasteiger partial charge in [0.1, 0.15) is 0 Å². The highest BCUT2D eigenvalue weighted by atomic mass is 16.1. The molecule has 0 fully saturated rings. The second-order valence-electron chi connectivity index (χ2n) is 4.46. The van der Waals surface area contributed by atoms with Crippen LogP contribution in [-0.4, -0.2) is 19.0 Å². The van der Waals surface area contributed by atoms with E-state index in [9.17, 15) is 4.79 Å². The van der Waals surface area contributed by atoms with Crippen LogP contribution in [0.2, 0.25) is 0 Å². The molecule has 0 saturated carbocycles. The Hall–Kier alpha value is -1.09. The minimum absolute atomic E-state index is 0.169. The molecular formula is C14H24N2O. The first-order valence-electron chi connectivity index (χ1n) is 6.65. The van der Waals surface area contributed by atoms with Gasteiger partial charge in [0.2, 0.25) is 5.91 Å². The minimum atomic E-state index is 0.169. The molecule has 3 heteroatoms. The van der Waals surface area contributed by atoms with Crippen molar-refractivity contribution in [3.8, 4) is 0 Å². The van der Waals surface area contributed by atoms with Crippen LogP contribution >= 0.6 is 0 Å². The van der Waals surface area contributed by atoms with Crippen molar-refractivity contribution < 1.29 is 4.79 Å². The van der Waals surface area contributed by atoms with Crippen LogP contribution in [0.15, 0.2) is 23.8 Å². The number of carbonyl (C=O) groups excluding carboxylic acids is 1. The molecule has 3 nitrogen and oxygen atoms in total. The normalized spacial score (nSPS) is 14.5. The van der Waals surface area contributed by atoms with Gasteiger partial charge in [-0.25, -0.2) is 0 Å². The van der Waals surface area contributed by atoms with Gasteiger partial charge in [-0.15, -0.1) is 0 Å². The van der Waals surface area contributed by atoms with Crippen molar-refractivity contribution in [1.29, 1.82) is 0 Å². The molecule has 0 saturated heterocycles. The van der Waals surface area contributed by atoms with Gasteiger partial charge in [0.05, 0.1) is 0 Å². The topological polar surface area (TPSA) is 55.1 Å². The van der Waals surface area contributed by atoms with Crippen LogP contribution in [-0.2, 0) is 4.79 Å². The summed E-state index contributed by atoms with van der Waals surface area (Å²) in [5.41, 5.74) is 6.74. The zero-order chi connectivity index (χ0) is 12.3. The Kier molecular flexibility index (Phi) is 7.39. The summed E-state index contributed by atoms with van der Waals surface area (Å²) >= 11 is 0. The minimum Gasteiger partial charge on any atom is -0.356 e. The molecular weight excluding hydrogens is 212 g/mol. The van der Waals surface area contributed by atoms with Crippen molar-refractivity contribution in [2.45, 2.75) is 44.9 Å². The number of allylic oxidation sites excluding steroid dienone is 3. The van der Waals surface area contributed by atoms with Gasteiger partial charge in [0.25, 0.3) is 0 Å². The van der Waals surface area contributed by atoms with E-state index >= 15 is 0 Å². The van der Waals surface area contributed by atoms with Crippen LogP contribution in [0.4, 0.5) is 0 Å². The fraction of sp³-hybridized carbons (Fsp3) is 0.643. The van der Waals surface area contributed by atoms with Crippen LogP contribution in [0.5, 0.6) is 0 Å². The Morgan fingerprint density at radius 2 is 2.18 bits per heavy atom. The number of hydrogen-bond acceptors (Lipinski definition) is 2. The molecule has 3 N–H and O–H groups in total. The zero-order valence-corrected chi connectivity index (χ0v) is 10.6. The van der Waals surface area contributed by atoms with Gasteiger partial charge in [-0.2, -0.15) is 0 Å². The van der Waals surface area contributed by atoms with Gasteiger partial charge in [-0.05, 0) is 38.6 Å². The number of rotatable bonds is 8. The van der Waals surface area contributed by atoms with E-state index < -0.39 is 0 Å². The van der Waals surface area contributed by atoms with Gasteiger partial charge < -0.3 is 11.1 Å². The molecule has 1 rings (SSSR count). The van der Waals surface area contributed by atoms with Crippen molar-refractivity contribution in [2.75, 3.05) is 13.1 Å². The first-order valence-corrected chi connectivity index (χ1v) is 6.65. The van der Waals surface area contributed by atoms with Crippen LogP contribution in [0.3, 0.4) is 0 Å². The Morgan fingerprint density at radius 3 is 2.88 bits per heavy atom. The van der Waals surface area contributed by atoms with E-state index in [4.69, 9.17) is 5.73 Å². The van der Waals surface area contributed by atoms with Crippen molar-refractivity contribution in [3.63, 3.8) is 0 Å². The van der Waals surface area contributed by atoms with Crippen LogP contribution in [0.1, 0.15) is 44.9 Å². The number of nitrogens with one attached hydrogen (secondary N) is 1. The summed E-state index contributed by atoms with van der Waals surface area (Å²) < 4.78 is 0. The first kappa shape index (κ1) is 14.0. The average Bonchev–Trinajstić information content (AvgIpc) is 2.36. The Morgan fingerprint density at radius 1 is 1.29 bits per heavy atom. The van der Waals surface area contributed by atoms with Crippen LogP contribution in [0.25, 0.3) is 0 Å². The van der Waals surface area contributed by atoms with Crippen LogP contribution in [0, 0.1) is 0 Å². The second-order valence-corrected chi connectivity index (χ2v) is 4.46. The maximum absolute atomic E-state index is 11.5. The third-order valence-corrected chi connectivity index (χ3v) is 2.92. The van der Waals surface area contributed by atoms with E-state index in [1.54, 1.807) is 0 Å². The lowest BCUT2D eigenvalue weighted by atomic mass is 10.0. The largest absolute Gasteiger partial charge is 0.356 e. The molecule has 0 aromatic carbocycles. The number of amides is 1. The first-order chi connectivity index (χ1) is 8.33. The van der Waals surface area contributed by atoms with Crippen molar-refractivity contribution in [1.82, 2.24) is 5.32 Å². The summed E-state index contributed by atoms with van der Waals surface area (Å²) in [4.78, 5) is 11.5. The predicted molar refractivity (Wildman–Crippen MR) is 71.6 cm³/mol. The average molecular weight is 236 g/mol. The molecule has 0 radical (unpaired) electrons. The van der Waals surface area contributed by atoms with E-state index in [0.717, 1.165) is 51.6 Å². The number of nitrogens with two attached hydrogens (primary N) is 1. The highest BCUT2D eigenvalue weighted by Crippen LogP contribution is 2.12. The lowest BCUT2D eigenvalue weighted by molar-refractivity contribution is -0.121. The quantitative estimate of drug-likeness (QED) is 0.635. The van der Waals surface area contributed by atoms with E-state index in [1.807, 2.05) is 0 Å². The number of hydrogen-bond donors (Lipinski definition) is 2. The molecule has 0 aromatic rings. The molecule has 0 spiro atoms. The number of carbonyl (C=O) groups is 1. The molecule has 0 aliphatic heterocycles. The fourth-order valence-corrected chi connectivity index (χ4v) is 1.89. The summed E-state index contributed by atoms with van der Waals surface area (Å²) in [6.45, 7) is 1.48. The molecule has 0 bridgehead atoms. The Labute approximate surface area is 104 Å². The van der Waals surface area contributed by atoms with Crippen molar-refractivity contribution in [3.05, 3.63) is 23.8 Å². The van der Waals surface area contributed by atoms with Crippen molar-refractivity contribution in [2.24, 2.45) is 5.73 Å². The maximum Gasteiger partial charge on any atom is 0.220 e. The van der Waals surface area contributed by atoms with E-state index in [2.05, 4.69) is 23.5 Å². The van der Waals surface area contributed by atoms with Gasteiger partial charge >= 0.3 is 0 Å². The van der Waals surface area contributed by atoms with Gasteiger partial charge in [-0.1, -0.05) is 30.2 Å². The third kappa shape index (κ3) is 6.95. The molecule has 0 aromatic heterocycles. The molecule has 0 unspecified atom stereocenters. The Bertz CT molecular complexity index is 282. The molecule has 17 heavy (non-hydrogen) atoms. The summed E-state index contributed by atoms with van der Waals surface area (Å²) in [6.07, 6.45) is 13.5. The van der Waals surface area contributed by atoms with Gasteiger partial charge in [0, 0.05) is 13.0 Å².